The van der Waals surface area contributed by atoms with Crippen LogP contribution in [0.3, 0.4) is 0 Å². The molecule has 2 aromatic carbocycles. The molecule has 0 aliphatic carbocycles. The highest BCUT2D eigenvalue weighted by atomic mass is 16.3. The van der Waals surface area contributed by atoms with Crippen molar-refractivity contribution >= 4 is 5.69 Å². The van der Waals surface area contributed by atoms with Gasteiger partial charge in [0.15, 0.2) is 0 Å². The number of aromatic hydroxyl groups is 1. The summed E-state index contributed by atoms with van der Waals surface area (Å²) in [4.78, 5) is 0. The van der Waals surface area contributed by atoms with Crippen LogP contribution in [0.2, 0.25) is 0 Å². The second-order valence-corrected chi connectivity index (χ2v) is 5.85. The lowest BCUT2D eigenvalue weighted by Gasteiger charge is -2.19. The molecule has 0 spiro atoms. The van der Waals surface area contributed by atoms with Crippen molar-refractivity contribution in [3.8, 4) is 5.75 Å². The smallest absolute Gasteiger partial charge is 0.117 e. The third-order valence-electron chi connectivity index (χ3n) is 3.16. The molecule has 0 atom stereocenters. The fourth-order valence-corrected chi connectivity index (χ4v) is 1.94. The Kier molecular flexibility index (Phi) is 3.79. The van der Waals surface area contributed by atoms with Crippen molar-refractivity contribution in [2.24, 2.45) is 0 Å². The van der Waals surface area contributed by atoms with Crippen LogP contribution in [-0.2, 0) is 12.0 Å². The average Bonchev–Trinajstić information content (AvgIpc) is 2.36. The quantitative estimate of drug-likeness (QED) is 0.857. The molecular formula is C17H21NO. The number of phenolic OH excluding ortho intramolecular Hbond substituents is 1. The van der Waals surface area contributed by atoms with Crippen molar-refractivity contribution in [3.05, 3.63) is 59.7 Å². The van der Waals surface area contributed by atoms with Crippen molar-refractivity contribution in [1.29, 1.82) is 0 Å². The van der Waals surface area contributed by atoms with Gasteiger partial charge >= 0.3 is 0 Å². The monoisotopic (exact) mass is 255 g/mol. The molecule has 0 aromatic heterocycles. The van der Waals surface area contributed by atoms with E-state index >= 15 is 0 Å². The van der Waals surface area contributed by atoms with Crippen LogP contribution in [0.4, 0.5) is 5.69 Å². The van der Waals surface area contributed by atoms with Crippen LogP contribution in [0.25, 0.3) is 0 Å². The van der Waals surface area contributed by atoms with Gasteiger partial charge in [-0.1, -0.05) is 51.1 Å². The number of phenols is 1. The van der Waals surface area contributed by atoms with E-state index in [-0.39, 0.29) is 11.2 Å². The minimum absolute atomic E-state index is 0.192. The van der Waals surface area contributed by atoms with Crippen LogP contribution in [-0.4, -0.2) is 5.11 Å². The molecule has 2 N–H and O–H groups in total. The first kappa shape index (κ1) is 13.5. The lowest BCUT2D eigenvalue weighted by molar-refractivity contribution is 0.475. The number of benzene rings is 2. The zero-order chi connectivity index (χ0) is 13.9. The van der Waals surface area contributed by atoms with Crippen LogP contribution in [0.5, 0.6) is 5.75 Å². The molecular weight excluding hydrogens is 234 g/mol. The van der Waals surface area contributed by atoms with Gasteiger partial charge in [-0.2, -0.15) is 0 Å². The van der Waals surface area contributed by atoms with Gasteiger partial charge in [0, 0.05) is 18.3 Å². The normalized spacial score (nSPS) is 11.3. The van der Waals surface area contributed by atoms with Gasteiger partial charge in [-0.15, -0.1) is 0 Å². The Balaban J connectivity index is 2.01. The molecule has 0 heterocycles. The van der Waals surface area contributed by atoms with Gasteiger partial charge < -0.3 is 10.4 Å². The maximum atomic E-state index is 9.40. The van der Waals surface area contributed by atoms with Gasteiger partial charge in [-0.25, -0.2) is 0 Å². The number of hydrogen-bond donors (Lipinski definition) is 2. The lowest BCUT2D eigenvalue weighted by Crippen LogP contribution is -2.11. The van der Waals surface area contributed by atoms with Gasteiger partial charge in [0.1, 0.15) is 5.75 Å². The highest BCUT2D eigenvalue weighted by molar-refractivity contribution is 5.48. The summed E-state index contributed by atoms with van der Waals surface area (Å²) in [5.41, 5.74) is 3.70. The molecule has 0 saturated heterocycles. The Morgan fingerprint density at radius 3 is 2.26 bits per heavy atom. The van der Waals surface area contributed by atoms with E-state index < -0.39 is 0 Å². The minimum Gasteiger partial charge on any atom is -0.508 e. The second kappa shape index (κ2) is 5.35. The summed E-state index contributed by atoms with van der Waals surface area (Å²) < 4.78 is 0. The minimum atomic E-state index is 0.192. The maximum Gasteiger partial charge on any atom is 0.117 e. The second-order valence-electron chi connectivity index (χ2n) is 5.85. The molecule has 0 fully saturated rings. The van der Waals surface area contributed by atoms with Crippen LogP contribution < -0.4 is 5.32 Å². The van der Waals surface area contributed by atoms with E-state index in [0.717, 1.165) is 12.2 Å². The topological polar surface area (TPSA) is 32.3 Å². The Bertz CT molecular complexity index is 538. The summed E-state index contributed by atoms with van der Waals surface area (Å²) in [6.45, 7) is 7.40. The van der Waals surface area contributed by atoms with Crippen molar-refractivity contribution in [1.82, 2.24) is 0 Å². The molecule has 100 valence electrons. The summed E-state index contributed by atoms with van der Waals surface area (Å²) >= 11 is 0. The maximum absolute atomic E-state index is 9.40. The van der Waals surface area contributed by atoms with E-state index in [0.29, 0.717) is 0 Å². The highest BCUT2D eigenvalue weighted by Crippen LogP contribution is 2.22. The molecule has 0 bridgehead atoms. The van der Waals surface area contributed by atoms with E-state index in [1.54, 1.807) is 12.1 Å². The van der Waals surface area contributed by atoms with Gasteiger partial charge in [0.25, 0.3) is 0 Å². The lowest BCUT2D eigenvalue weighted by atomic mass is 9.87. The Morgan fingerprint density at radius 2 is 1.68 bits per heavy atom. The van der Waals surface area contributed by atoms with Gasteiger partial charge in [0.2, 0.25) is 0 Å². The fraction of sp³-hybridized carbons (Fsp3) is 0.294. The largest absolute Gasteiger partial charge is 0.508 e. The van der Waals surface area contributed by atoms with E-state index in [1.807, 2.05) is 12.1 Å². The number of hydrogen-bond acceptors (Lipinski definition) is 2. The Morgan fingerprint density at radius 1 is 1.00 bits per heavy atom. The fourth-order valence-electron chi connectivity index (χ4n) is 1.94. The predicted molar refractivity (Wildman–Crippen MR) is 80.6 cm³/mol. The molecule has 0 unspecified atom stereocenters. The van der Waals surface area contributed by atoms with Gasteiger partial charge in [-0.3, -0.25) is 0 Å². The molecule has 19 heavy (non-hydrogen) atoms. The first-order chi connectivity index (χ1) is 8.95. The SMILES string of the molecule is CC(C)(C)c1ccc(CNc2cccc(O)c2)cc1. The highest BCUT2D eigenvalue weighted by Gasteiger charge is 2.12. The zero-order valence-electron chi connectivity index (χ0n) is 11.8. The van der Waals surface area contributed by atoms with Crippen molar-refractivity contribution in [2.45, 2.75) is 32.7 Å². The predicted octanol–water partition coefficient (Wildman–Crippen LogP) is 4.30. The Labute approximate surface area is 115 Å². The molecule has 2 heteroatoms. The summed E-state index contributed by atoms with van der Waals surface area (Å²) in [7, 11) is 0. The standard InChI is InChI=1S/C17H21NO/c1-17(2,3)14-9-7-13(8-10-14)12-18-15-5-4-6-16(19)11-15/h4-11,18-19H,12H2,1-3H3. The summed E-state index contributed by atoms with van der Waals surface area (Å²) in [5.74, 6) is 0.285. The zero-order valence-corrected chi connectivity index (χ0v) is 11.8. The van der Waals surface area contributed by atoms with E-state index in [9.17, 15) is 5.11 Å². The molecule has 0 radical (unpaired) electrons. The molecule has 2 rings (SSSR count). The van der Waals surface area contributed by atoms with Crippen LogP contribution in [0.1, 0.15) is 31.9 Å². The van der Waals surface area contributed by atoms with E-state index in [1.165, 1.54) is 11.1 Å². The average molecular weight is 255 g/mol. The van der Waals surface area contributed by atoms with Crippen LogP contribution in [0, 0.1) is 0 Å². The van der Waals surface area contributed by atoms with Crippen LogP contribution in [0.15, 0.2) is 48.5 Å². The van der Waals surface area contributed by atoms with Crippen molar-refractivity contribution < 1.29 is 5.11 Å². The Hall–Kier alpha value is -1.96. The molecule has 2 nitrogen and oxygen atoms in total. The number of nitrogens with one attached hydrogen (secondary N) is 1. The number of anilines is 1. The third kappa shape index (κ3) is 3.75. The first-order valence-corrected chi connectivity index (χ1v) is 6.57. The summed E-state index contributed by atoms with van der Waals surface area (Å²) in [5, 5.41) is 12.7. The molecule has 0 saturated carbocycles. The molecule has 0 amide bonds. The van der Waals surface area contributed by atoms with Gasteiger partial charge in [-0.05, 0) is 28.7 Å². The van der Waals surface area contributed by atoms with E-state index in [2.05, 4.69) is 50.4 Å². The third-order valence-corrected chi connectivity index (χ3v) is 3.16. The molecule has 0 aliphatic heterocycles. The summed E-state index contributed by atoms with van der Waals surface area (Å²) in [6.07, 6.45) is 0. The first-order valence-electron chi connectivity index (χ1n) is 6.57. The molecule has 2 aromatic rings. The van der Waals surface area contributed by atoms with Gasteiger partial charge in [0.05, 0.1) is 0 Å². The summed E-state index contributed by atoms with van der Waals surface area (Å²) in [6, 6.07) is 15.8. The van der Waals surface area contributed by atoms with Crippen molar-refractivity contribution in [3.63, 3.8) is 0 Å². The molecule has 0 aliphatic rings. The van der Waals surface area contributed by atoms with Crippen LogP contribution >= 0.6 is 0 Å². The van der Waals surface area contributed by atoms with Crippen molar-refractivity contribution in [2.75, 3.05) is 5.32 Å². The number of rotatable bonds is 3. The van der Waals surface area contributed by atoms with E-state index in [4.69, 9.17) is 0 Å².